The highest BCUT2D eigenvalue weighted by Gasteiger charge is 2.12. The molecule has 2 aromatic carbocycles. The number of hydrogen-bond donors (Lipinski definition) is 1. The molecular weight excluding hydrogens is 243 g/mol. The van der Waals surface area contributed by atoms with E-state index in [4.69, 9.17) is 4.74 Å². The zero-order valence-corrected chi connectivity index (χ0v) is 11.1. The lowest BCUT2D eigenvalue weighted by atomic mass is 9.98. The van der Waals surface area contributed by atoms with Gasteiger partial charge in [0, 0.05) is 7.11 Å². The molecule has 0 heterocycles. The number of methoxy groups -OCH3 is 1. The Morgan fingerprint density at radius 1 is 1.16 bits per heavy atom. The molecule has 2 nitrogen and oxygen atoms in total. The van der Waals surface area contributed by atoms with E-state index in [2.05, 4.69) is 0 Å². The van der Waals surface area contributed by atoms with Crippen LogP contribution >= 0.6 is 0 Å². The van der Waals surface area contributed by atoms with E-state index in [9.17, 15) is 9.50 Å². The Kier molecular flexibility index (Phi) is 4.30. The normalized spacial score (nSPS) is 12.4. The third kappa shape index (κ3) is 3.19. The summed E-state index contributed by atoms with van der Waals surface area (Å²) >= 11 is 0. The van der Waals surface area contributed by atoms with Crippen LogP contribution in [0, 0.1) is 12.7 Å². The van der Waals surface area contributed by atoms with E-state index in [1.807, 2.05) is 24.3 Å². The number of aryl methyl sites for hydroxylation is 1. The highest BCUT2D eigenvalue weighted by Crippen LogP contribution is 2.24. The van der Waals surface area contributed by atoms with Gasteiger partial charge in [-0.05, 0) is 35.2 Å². The molecule has 1 N–H and O–H groups in total. The molecule has 2 aromatic rings. The molecule has 0 bridgehead atoms. The molecule has 0 saturated carbocycles. The van der Waals surface area contributed by atoms with Gasteiger partial charge >= 0.3 is 0 Å². The van der Waals surface area contributed by atoms with Crippen LogP contribution in [0.1, 0.15) is 28.4 Å². The summed E-state index contributed by atoms with van der Waals surface area (Å²) in [4.78, 5) is 0. The standard InChI is InChI=1S/C16H17FO2/c1-11-8-14(6-7-15(11)17)16(18)13-5-3-4-12(9-13)10-19-2/h3-9,16,18H,10H2,1-2H3. The van der Waals surface area contributed by atoms with Gasteiger partial charge in [-0.2, -0.15) is 0 Å². The van der Waals surface area contributed by atoms with Crippen LogP contribution < -0.4 is 0 Å². The number of halogens is 1. The lowest BCUT2D eigenvalue weighted by Gasteiger charge is -2.13. The van der Waals surface area contributed by atoms with E-state index in [0.29, 0.717) is 17.7 Å². The van der Waals surface area contributed by atoms with Gasteiger partial charge in [0.25, 0.3) is 0 Å². The SMILES string of the molecule is COCc1cccc(C(O)c2ccc(F)c(C)c2)c1. The quantitative estimate of drug-likeness (QED) is 0.913. The first kappa shape index (κ1) is 13.7. The summed E-state index contributed by atoms with van der Waals surface area (Å²) in [7, 11) is 1.63. The topological polar surface area (TPSA) is 29.5 Å². The first-order chi connectivity index (χ1) is 9.11. The first-order valence-corrected chi connectivity index (χ1v) is 6.13. The fourth-order valence-electron chi connectivity index (χ4n) is 2.05. The van der Waals surface area contributed by atoms with E-state index in [-0.39, 0.29) is 5.82 Å². The molecular formula is C16H17FO2. The molecule has 0 radical (unpaired) electrons. The van der Waals surface area contributed by atoms with Crippen molar-refractivity contribution in [2.75, 3.05) is 7.11 Å². The maximum Gasteiger partial charge on any atom is 0.126 e. The molecule has 0 aromatic heterocycles. The van der Waals surface area contributed by atoms with E-state index < -0.39 is 6.10 Å². The Morgan fingerprint density at radius 3 is 2.58 bits per heavy atom. The van der Waals surface area contributed by atoms with E-state index in [0.717, 1.165) is 11.1 Å². The summed E-state index contributed by atoms with van der Waals surface area (Å²) in [5.74, 6) is -0.260. The molecule has 3 heteroatoms. The van der Waals surface area contributed by atoms with Crippen molar-refractivity contribution < 1.29 is 14.2 Å². The molecule has 19 heavy (non-hydrogen) atoms. The van der Waals surface area contributed by atoms with Gasteiger partial charge in [0.2, 0.25) is 0 Å². The fourth-order valence-corrected chi connectivity index (χ4v) is 2.05. The molecule has 2 rings (SSSR count). The third-order valence-corrected chi connectivity index (χ3v) is 3.08. The molecule has 1 unspecified atom stereocenters. The van der Waals surface area contributed by atoms with Crippen molar-refractivity contribution in [3.05, 3.63) is 70.5 Å². The Morgan fingerprint density at radius 2 is 1.89 bits per heavy atom. The average molecular weight is 260 g/mol. The first-order valence-electron chi connectivity index (χ1n) is 6.13. The zero-order chi connectivity index (χ0) is 13.8. The average Bonchev–Trinajstić information content (AvgIpc) is 2.42. The second kappa shape index (κ2) is 5.95. The number of benzene rings is 2. The van der Waals surface area contributed by atoms with Crippen LogP contribution in [0.3, 0.4) is 0 Å². The molecule has 100 valence electrons. The summed E-state index contributed by atoms with van der Waals surface area (Å²) < 4.78 is 18.3. The van der Waals surface area contributed by atoms with Crippen LogP contribution in [0.25, 0.3) is 0 Å². The summed E-state index contributed by atoms with van der Waals surface area (Å²) in [6.07, 6.45) is -0.754. The molecule has 0 aliphatic heterocycles. The molecule has 0 amide bonds. The third-order valence-electron chi connectivity index (χ3n) is 3.08. The Bertz CT molecular complexity index is 566. The minimum atomic E-state index is -0.754. The van der Waals surface area contributed by atoms with Crippen molar-refractivity contribution in [1.29, 1.82) is 0 Å². The van der Waals surface area contributed by atoms with Crippen LogP contribution in [-0.4, -0.2) is 12.2 Å². The largest absolute Gasteiger partial charge is 0.384 e. The van der Waals surface area contributed by atoms with Crippen molar-refractivity contribution in [2.24, 2.45) is 0 Å². The minimum absolute atomic E-state index is 0.260. The summed E-state index contributed by atoms with van der Waals surface area (Å²) in [6, 6.07) is 12.2. The molecule has 1 atom stereocenters. The Labute approximate surface area is 112 Å². The summed E-state index contributed by atoms with van der Waals surface area (Å²) in [5.41, 5.74) is 3.00. The highest BCUT2D eigenvalue weighted by molar-refractivity contribution is 5.34. The van der Waals surface area contributed by atoms with Gasteiger partial charge in [0.1, 0.15) is 11.9 Å². The minimum Gasteiger partial charge on any atom is -0.384 e. The Hall–Kier alpha value is -1.71. The summed E-state index contributed by atoms with van der Waals surface area (Å²) in [6.45, 7) is 2.19. The van der Waals surface area contributed by atoms with Crippen molar-refractivity contribution in [3.63, 3.8) is 0 Å². The van der Waals surface area contributed by atoms with Crippen molar-refractivity contribution in [1.82, 2.24) is 0 Å². The number of aliphatic hydroxyl groups is 1. The van der Waals surface area contributed by atoms with Crippen LogP contribution in [0.15, 0.2) is 42.5 Å². The van der Waals surface area contributed by atoms with Crippen LogP contribution in [0.5, 0.6) is 0 Å². The number of aliphatic hydroxyl groups excluding tert-OH is 1. The van der Waals surface area contributed by atoms with Gasteiger partial charge in [0.15, 0.2) is 0 Å². The predicted molar refractivity (Wildman–Crippen MR) is 72.4 cm³/mol. The Balaban J connectivity index is 2.29. The van der Waals surface area contributed by atoms with Crippen LogP contribution in [0.2, 0.25) is 0 Å². The second-order valence-electron chi connectivity index (χ2n) is 4.59. The molecule has 0 aliphatic carbocycles. The fraction of sp³-hybridized carbons (Fsp3) is 0.250. The van der Waals surface area contributed by atoms with E-state index >= 15 is 0 Å². The number of rotatable bonds is 4. The van der Waals surface area contributed by atoms with Crippen molar-refractivity contribution in [3.8, 4) is 0 Å². The van der Waals surface area contributed by atoms with Crippen LogP contribution in [-0.2, 0) is 11.3 Å². The van der Waals surface area contributed by atoms with Gasteiger partial charge in [-0.25, -0.2) is 4.39 Å². The smallest absolute Gasteiger partial charge is 0.126 e. The maximum atomic E-state index is 13.2. The second-order valence-corrected chi connectivity index (χ2v) is 4.59. The molecule has 0 spiro atoms. The van der Waals surface area contributed by atoms with Gasteiger partial charge in [-0.3, -0.25) is 0 Å². The number of ether oxygens (including phenoxy) is 1. The molecule has 0 saturated heterocycles. The van der Waals surface area contributed by atoms with Gasteiger partial charge < -0.3 is 9.84 Å². The van der Waals surface area contributed by atoms with Crippen molar-refractivity contribution in [2.45, 2.75) is 19.6 Å². The lowest BCUT2D eigenvalue weighted by Crippen LogP contribution is -2.02. The molecule has 0 aliphatic rings. The van der Waals surface area contributed by atoms with Gasteiger partial charge in [-0.15, -0.1) is 0 Å². The predicted octanol–water partition coefficient (Wildman–Crippen LogP) is 3.36. The van der Waals surface area contributed by atoms with Crippen molar-refractivity contribution >= 4 is 0 Å². The van der Waals surface area contributed by atoms with Gasteiger partial charge in [0.05, 0.1) is 6.61 Å². The van der Waals surface area contributed by atoms with E-state index in [1.165, 1.54) is 6.07 Å². The van der Waals surface area contributed by atoms with Gasteiger partial charge in [-0.1, -0.05) is 36.4 Å². The molecule has 0 fully saturated rings. The van der Waals surface area contributed by atoms with Crippen LogP contribution in [0.4, 0.5) is 4.39 Å². The van der Waals surface area contributed by atoms with E-state index in [1.54, 1.807) is 26.2 Å². The monoisotopic (exact) mass is 260 g/mol. The number of hydrogen-bond acceptors (Lipinski definition) is 2. The maximum absolute atomic E-state index is 13.2. The lowest BCUT2D eigenvalue weighted by molar-refractivity contribution is 0.184. The zero-order valence-electron chi connectivity index (χ0n) is 11.1. The summed E-state index contributed by atoms with van der Waals surface area (Å²) in [5, 5.41) is 10.3. The highest BCUT2D eigenvalue weighted by atomic mass is 19.1.